The minimum Gasteiger partial charge on any atom is -0.486 e. The Hall–Kier alpha value is -2.15. The SMILES string of the molecule is CNCCC(C1COc2ccccc2O1)n1nnc(C)n1. The molecule has 7 heteroatoms. The normalized spacial score (nSPS) is 18.5. The molecule has 1 aromatic carbocycles. The van der Waals surface area contributed by atoms with Crippen LogP contribution >= 0.6 is 0 Å². The average Bonchev–Trinajstić information content (AvgIpc) is 2.94. The first-order valence-corrected chi connectivity index (χ1v) is 7.07. The Balaban J connectivity index is 1.81. The van der Waals surface area contributed by atoms with Crippen molar-refractivity contribution in [3.8, 4) is 11.5 Å². The number of aryl methyl sites for hydroxylation is 1. The topological polar surface area (TPSA) is 74.1 Å². The van der Waals surface area contributed by atoms with E-state index in [4.69, 9.17) is 9.47 Å². The lowest BCUT2D eigenvalue weighted by molar-refractivity contribution is 0.0394. The van der Waals surface area contributed by atoms with Gasteiger partial charge in [-0.3, -0.25) is 0 Å². The fourth-order valence-electron chi connectivity index (χ4n) is 2.41. The minimum absolute atomic E-state index is 0.0213. The quantitative estimate of drug-likeness (QED) is 0.884. The van der Waals surface area contributed by atoms with Gasteiger partial charge in [0.25, 0.3) is 0 Å². The van der Waals surface area contributed by atoms with Crippen molar-refractivity contribution in [3.05, 3.63) is 30.1 Å². The fraction of sp³-hybridized carbons (Fsp3) is 0.500. The number of fused-ring (bicyclic) bond motifs is 1. The van der Waals surface area contributed by atoms with Gasteiger partial charge in [0.2, 0.25) is 0 Å². The molecule has 0 aliphatic carbocycles. The molecule has 21 heavy (non-hydrogen) atoms. The van der Waals surface area contributed by atoms with Crippen molar-refractivity contribution in [2.75, 3.05) is 20.2 Å². The number of nitrogens with zero attached hydrogens (tertiary/aromatic N) is 4. The number of hydrogen-bond acceptors (Lipinski definition) is 6. The smallest absolute Gasteiger partial charge is 0.171 e. The van der Waals surface area contributed by atoms with Gasteiger partial charge in [-0.1, -0.05) is 12.1 Å². The van der Waals surface area contributed by atoms with Gasteiger partial charge in [-0.05, 0) is 44.3 Å². The molecular weight excluding hydrogens is 270 g/mol. The Morgan fingerprint density at radius 3 is 2.90 bits per heavy atom. The monoisotopic (exact) mass is 289 g/mol. The molecule has 3 rings (SSSR count). The van der Waals surface area contributed by atoms with Gasteiger partial charge in [-0.15, -0.1) is 10.2 Å². The van der Waals surface area contributed by atoms with E-state index in [1.54, 1.807) is 4.80 Å². The molecule has 1 aromatic heterocycles. The first kappa shape index (κ1) is 13.8. The van der Waals surface area contributed by atoms with Crippen LogP contribution in [0.15, 0.2) is 24.3 Å². The summed E-state index contributed by atoms with van der Waals surface area (Å²) in [6.07, 6.45) is 0.699. The van der Waals surface area contributed by atoms with E-state index in [1.807, 2.05) is 38.2 Å². The Kier molecular flexibility index (Phi) is 4.01. The number of benzene rings is 1. The predicted molar refractivity (Wildman–Crippen MR) is 76.5 cm³/mol. The number of nitrogens with one attached hydrogen (secondary N) is 1. The maximum absolute atomic E-state index is 6.07. The van der Waals surface area contributed by atoms with Crippen LogP contribution in [0.4, 0.5) is 0 Å². The van der Waals surface area contributed by atoms with Crippen LogP contribution in [0.5, 0.6) is 11.5 Å². The van der Waals surface area contributed by atoms with Gasteiger partial charge < -0.3 is 14.8 Å². The molecule has 0 spiro atoms. The molecule has 0 saturated carbocycles. The molecule has 0 bridgehead atoms. The highest BCUT2D eigenvalue weighted by Crippen LogP contribution is 2.34. The molecule has 112 valence electrons. The number of para-hydroxylation sites is 2. The minimum atomic E-state index is -0.137. The highest BCUT2D eigenvalue weighted by molar-refractivity contribution is 5.40. The Morgan fingerprint density at radius 2 is 2.19 bits per heavy atom. The molecule has 1 aliphatic heterocycles. The van der Waals surface area contributed by atoms with Crippen LogP contribution in [0.3, 0.4) is 0 Å². The van der Waals surface area contributed by atoms with E-state index < -0.39 is 0 Å². The second-order valence-corrected chi connectivity index (χ2v) is 5.03. The van der Waals surface area contributed by atoms with Gasteiger partial charge in [-0.25, -0.2) is 0 Å². The molecule has 0 amide bonds. The van der Waals surface area contributed by atoms with Gasteiger partial charge in [0.05, 0.1) is 0 Å². The van der Waals surface area contributed by atoms with E-state index in [-0.39, 0.29) is 12.1 Å². The molecule has 2 heterocycles. The molecule has 1 aliphatic rings. The summed E-state index contributed by atoms with van der Waals surface area (Å²) in [6, 6.07) is 7.67. The third kappa shape index (κ3) is 2.97. The average molecular weight is 289 g/mol. The summed E-state index contributed by atoms with van der Waals surface area (Å²) in [5, 5.41) is 15.5. The summed E-state index contributed by atoms with van der Waals surface area (Å²) in [4.78, 5) is 1.63. The van der Waals surface area contributed by atoms with Crippen LogP contribution in [-0.4, -0.2) is 46.5 Å². The van der Waals surface area contributed by atoms with Crippen molar-refractivity contribution in [2.45, 2.75) is 25.5 Å². The lowest BCUT2D eigenvalue weighted by atomic mass is 10.1. The zero-order chi connectivity index (χ0) is 14.7. The van der Waals surface area contributed by atoms with Gasteiger partial charge in [-0.2, -0.15) is 4.80 Å². The van der Waals surface area contributed by atoms with Crippen molar-refractivity contribution < 1.29 is 9.47 Å². The number of ether oxygens (including phenoxy) is 2. The van der Waals surface area contributed by atoms with Gasteiger partial charge in [0.15, 0.2) is 23.4 Å². The van der Waals surface area contributed by atoms with Crippen LogP contribution in [0.25, 0.3) is 0 Å². The highest BCUT2D eigenvalue weighted by Gasteiger charge is 2.31. The van der Waals surface area contributed by atoms with Crippen molar-refractivity contribution >= 4 is 0 Å². The number of rotatable bonds is 5. The van der Waals surface area contributed by atoms with Gasteiger partial charge in [0.1, 0.15) is 12.6 Å². The zero-order valence-corrected chi connectivity index (χ0v) is 12.2. The molecule has 0 saturated heterocycles. The largest absolute Gasteiger partial charge is 0.486 e. The molecule has 0 radical (unpaired) electrons. The highest BCUT2D eigenvalue weighted by atomic mass is 16.6. The van der Waals surface area contributed by atoms with Crippen LogP contribution in [0, 0.1) is 6.92 Å². The fourth-order valence-corrected chi connectivity index (χ4v) is 2.41. The Labute approximate surface area is 123 Å². The van der Waals surface area contributed by atoms with E-state index in [9.17, 15) is 0 Å². The lowest BCUT2D eigenvalue weighted by Gasteiger charge is -2.31. The molecule has 7 nitrogen and oxygen atoms in total. The molecule has 1 N–H and O–H groups in total. The third-order valence-electron chi connectivity index (χ3n) is 3.47. The van der Waals surface area contributed by atoms with Crippen molar-refractivity contribution in [1.29, 1.82) is 0 Å². The maximum atomic E-state index is 6.07. The van der Waals surface area contributed by atoms with Crippen LogP contribution in [-0.2, 0) is 0 Å². The van der Waals surface area contributed by atoms with Gasteiger partial charge >= 0.3 is 0 Å². The number of aromatic nitrogens is 4. The standard InChI is InChI=1S/C14H19N5O2/c1-10-16-18-19(17-10)11(7-8-15-2)14-9-20-12-5-3-4-6-13(12)21-14/h3-6,11,14-15H,7-9H2,1-2H3. The van der Waals surface area contributed by atoms with Crippen molar-refractivity contribution in [2.24, 2.45) is 0 Å². The van der Waals surface area contributed by atoms with Crippen LogP contribution in [0.2, 0.25) is 0 Å². The van der Waals surface area contributed by atoms with Crippen LogP contribution in [0.1, 0.15) is 18.3 Å². The Morgan fingerprint density at radius 1 is 1.38 bits per heavy atom. The van der Waals surface area contributed by atoms with Crippen molar-refractivity contribution in [1.82, 2.24) is 25.5 Å². The summed E-state index contributed by atoms with van der Waals surface area (Å²) >= 11 is 0. The lowest BCUT2D eigenvalue weighted by Crippen LogP contribution is -2.39. The van der Waals surface area contributed by atoms with E-state index in [1.165, 1.54) is 0 Å². The number of tetrazole rings is 1. The summed E-state index contributed by atoms with van der Waals surface area (Å²) in [6.45, 7) is 3.14. The van der Waals surface area contributed by atoms with E-state index in [0.717, 1.165) is 24.5 Å². The Bertz CT molecular complexity index is 601. The second kappa shape index (κ2) is 6.09. The van der Waals surface area contributed by atoms with E-state index >= 15 is 0 Å². The first-order chi connectivity index (χ1) is 10.3. The zero-order valence-electron chi connectivity index (χ0n) is 12.2. The molecular formula is C14H19N5O2. The predicted octanol–water partition coefficient (Wildman–Crippen LogP) is 0.972. The maximum Gasteiger partial charge on any atom is 0.171 e. The molecule has 2 unspecified atom stereocenters. The van der Waals surface area contributed by atoms with E-state index in [0.29, 0.717) is 12.4 Å². The van der Waals surface area contributed by atoms with Gasteiger partial charge in [0, 0.05) is 0 Å². The summed E-state index contributed by atoms with van der Waals surface area (Å²) < 4.78 is 11.9. The van der Waals surface area contributed by atoms with E-state index in [2.05, 4.69) is 20.7 Å². The number of hydrogen-bond donors (Lipinski definition) is 1. The molecule has 2 aromatic rings. The summed E-state index contributed by atoms with van der Waals surface area (Å²) in [7, 11) is 1.92. The molecule has 2 atom stereocenters. The third-order valence-corrected chi connectivity index (χ3v) is 3.47. The van der Waals surface area contributed by atoms with Crippen molar-refractivity contribution in [3.63, 3.8) is 0 Å². The second-order valence-electron chi connectivity index (χ2n) is 5.03. The summed E-state index contributed by atoms with van der Waals surface area (Å²) in [5.41, 5.74) is 0. The summed E-state index contributed by atoms with van der Waals surface area (Å²) in [5.74, 6) is 2.20. The van der Waals surface area contributed by atoms with Crippen LogP contribution < -0.4 is 14.8 Å². The first-order valence-electron chi connectivity index (χ1n) is 7.07. The molecule has 0 fully saturated rings.